The van der Waals surface area contributed by atoms with E-state index in [2.05, 4.69) is 33.1 Å². The minimum atomic E-state index is 0.271. The van der Waals surface area contributed by atoms with E-state index in [1.54, 1.807) is 7.11 Å². The molecule has 0 fully saturated rings. The largest absolute Gasteiger partial charge is 0.496 e. The van der Waals surface area contributed by atoms with Crippen molar-refractivity contribution in [3.63, 3.8) is 0 Å². The summed E-state index contributed by atoms with van der Waals surface area (Å²) in [7, 11) is 1.70. The fraction of sp³-hybridized carbons (Fsp3) is 0.429. The molecule has 1 aromatic carbocycles. The van der Waals surface area contributed by atoms with Crippen LogP contribution in [-0.4, -0.2) is 28.4 Å². The van der Waals surface area contributed by atoms with E-state index < -0.39 is 0 Å². The zero-order valence-electron chi connectivity index (χ0n) is 11.3. The van der Waals surface area contributed by atoms with Crippen molar-refractivity contribution in [1.82, 2.24) is 20.1 Å². The molecule has 0 saturated heterocycles. The smallest absolute Gasteiger partial charge is 0.149 e. The lowest BCUT2D eigenvalue weighted by Gasteiger charge is -2.22. The van der Waals surface area contributed by atoms with E-state index in [-0.39, 0.29) is 6.04 Å². The number of nitrogens with one attached hydrogen (secondary N) is 1. The van der Waals surface area contributed by atoms with E-state index in [4.69, 9.17) is 4.74 Å². The topological polar surface area (TPSA) is 52.0 Å². The Morgan fingerprint density at radius 2 is 2.21 bits per heavy atom. The molecule has 2 aromatic rings. The van der Waals surface area contributed by atoms with Gasteiger partial charge in [-0.25, -0.2) is 0 Å². The predicted octanol–water partition coefficient (Wildman–Crippen LogP) is 1.54. The van der Waals surface area contributed by atoms with Crippen LogP contribution in [0.5, 0.6) is 5.75 Å². The Labute approximate surface area is 112 Å². The number of ether oxygens (including phenoxy) is 1. The van der Waals surface area contributed by atoms with Gasteiger partial charge in [-0.3, -0.25) is 0 Å². The van der Waals surface area contributed by atoms with E-state index in [0.717, 1.165) is 42.5 Å². The maximum atomic E-state index is 5.39. The Hall–Kier alpha value is -1.88. The van der Waals surface area contributed by atoms with Crippen molar-refractivity contribution in [3.05, 3.63) is 41.5 Å². The normalized spacial score (nSPS) is 18.1. The van der Waals surface area contributed by atoms with Crippen molar-refractivity contribution < 1.29 is 4.74 Å². The van der Waals surface area contributed by atoms with Gasteiger partial charge >= 0.3 is 0 Å². The highest BCUT2D eigenvalue weighted by molar-refractivity contribution is 5.35. The minimum Gasteiger partial charge on any atom is -0.496 e. The number of hydrogen-bond donors (Lipinski definition) is 1. The Balaban J connectivity index is 1.92. The van der Waals surface area contributed by atoms with Gasteiger partial charge in [0.2, 0.25) is 0 Å². The zero-order valence-corrected chi connectivity index (χ0v) is 11.3. The monoisotopic (exact) mass is 258 g/mol. The second kappa shape index (κ2) is 5.01. The molecule has 19 heavy (non-hydrogen) atoms. The molecule has 0 bridgehead atoms. The predicted molar refractivity (Wildman–Crippen MR) is 72.2 cm³/mol. The van der Waals surface area contributed by atoms with Crippen LogP contribution in [0.3, 0.4) is 0 Å². The van der Waals surface area contributed by atoms with Crippen LogP contribution in [0.1, 0.15) is 30.2 Å². The first kappa shape index (κ1) is 12.2. The van der Waals surface area contributed by atoms with Crippen molar-refractivity contribution in [2.24, 2.45) is 0 Å². The van der Waals surface area contributed by atoms with Gasteiger partial charge in [0.25, 0.3) is 0 Å². The van der Waals surface area contributed by atoms with E-state index in [9.17, 15) is 0 Å². The Morgan fingerprint density at radius 1 is 1.37 bits per heavy atom. The molecule has 0 amide bonds. The van der Waals surface area contributed by atoms with E-state index in [1.165, 1.54) is 0 Å². The molecule has 1 N–H and O–H groups in total. The first-order valence-electron chi connectivity index (χ1n) is 6.57. The Morgan fingerprint density at radius 3 is 3.05 bits per heavy atom. The summed E-state index contributed by atoms with van der Waals surface area (Å²) in [6.07, 6.45) is 0.754. The average Bonchev–Trinajstić information content (AvgIpc) is 2.84. The summed E-state index contributed by atoms with van der Waals surface area (Å²) < 4.78 is 7.61. The standard InChI is InChI=1S/C14H18N4O/c1-10-14-17-16-13(18(14)8-7-15-10)9-11-5-3-4-6-12(11)19-2/h3-6,10,15H,7-9H2,1-2H3. The summed E-state index contributed by atoms with van der Waals surface area (Å²) in [6, 6.07) is 8.33. The molecular weight excluding hydrogens is 240 g/mol. The van der Waals surface area contributed by atoms with Crippen LogP contribution in [0.4, 0.5) is 0 Å². The lowest BCUT2D eigenvalue weighted by molar-refractivity contribution is 0.408. The molecule has 2 heterocycles. The highest BCUT2D eigenvalue weighted by atomic mass is 16.5. The molecule has 5 nitrogen and oxygen atoms in total. The Kier molecular flexibility index (Phi) is 3.21. The van der Waals surface area contributed by atoms with Crippen molar-refractivity contribution in [1.29, 1.82) is 0 Å². The SMILES string of the molecule is COc1ccccc1Cc1nnc2n1CCNC2C. The van der Waals surface area contributed by atoms with E-state index >= 15 is 0 Å². The van der Waals surface area contributed by atoms with Crippen LogP contribution >= 0.6 is 0 Å². The van der Waals surface area contributed by atoms with Crippen LogP contribution in [0.2, 0.25) is 0 Å². The van der Waals surface area contributed by atoms with Crippen LogP contribution in [-0.2, 0) is 13.0 Å². The number of benzene rings is 1. The molecule has 100 valence electrons. The number of para-hydroxylation sites is 1. The molecule has 5 heteroatoms. The number of methoxy groups -OCH3 is 1. The van der Waals surface area contributed by atoms with E-state index in [1.807, 2.05) is 18.2 Å². The fourth-order valence-electron chi connectivity index (χ4n) is 2.55. The molecule has 1 atom stereocenters. The molecule has 0 radical (unpaired) electrons. The van der Waals surface area contributed by atoms with Gasteiger partial charge in [-0.15, -0.1) is 10.2 Å². The van der Waals surface area contributed by atoms with Gasteiger partial charge in [0.05, 0.1) is 13.2 Å². The van der Waals surface area contributed by atoms with Gasteiger partial charge < -0.3 is 14.6 Å². The molecular formula is C14H18N4O. The van der Waals surface area contributed by atoms with Crippen molar-refractivity contribution in [3.8, 4) is 5.75 Å². The first-order chi connectivity index (χ1) is 9.29. The van der Waals surface area contributed by atoms with Crippen molar-refractivity contribution >= 4 is 0 Å². The average molecular weight is 258 g/mol. The van der Waals surface area contributed by atoms with Gasteiger partial charge in [-0.05, 0) is 13.0 Å². The molecule has 0 spiro atoms. The first-order valence-corrected chi connectivity index (χ1v) is 6.57. The van der Waals surface area contributed by atoms with Crippen LogP contribution in [0.15, 0.2) is 24.3 Å². The number of hydrogen-bond acceptors (Lipinski definition) is 4. The molecule has 3 rings (SSSR count). The van der Waals surface area contributed by atoms with Gasteiger partial charge in [-0.2, -0.15) is 0 Å². The van der Waals surface area contributed by atoms with Gasteiger partial charge in [0.15, 0.2) is 0 Å². The van der Waals surface area contributed by atoms with Crippen LogP contribution < -0.4 is 10.1 Å². The molecule has 1 aliphatic heterocycles. The van der Waals surface area contributed by atoms with Gasteiger partial charge in [-0.1, -0.05) is 18.2 Å². The maximum absolute atomic E-state index is 5.39. The Bertz CT molecular complexity index is 579. The third kappa shape index (κ3) is 2.21. The van der Waals surface area contributed by atoms with E-state index in [0.29, 0.717) is 0 Å². The van der Waals surface area contributed by atoms with Crippen molar-refractivity contribution in [2.75, 3.05) is 13.7 Å². The molecule has 1 aromatic heterocycles. The highest BCUT2D eigenvalue weighted by Crippen LogP contribution is 2.22. The van der Waals surface area contributed by atoms with Gasteiger partial charge in [0, 0.05) is 25.1 Å². The van der Waals surface area contributed by atoms with Gasteiger partial charge in [0.1, 0.15) is 17.4 Å². The highest BCUT2D eigenvalue weighted by Gasteiger charge is 2.21. The van der Waals surface area contributed by atoms with Crippen molar-refractivity contribution in [2.45, 2.75) is 25.9 Å². The number of fused-ring (bicyclic) bond motifs is 1. The number of nitrogens with zero attached hydrogens (tertiary/aromatic N) is 3. The minimum absolute atomic E-state index is 0.271. The lowest BCUT2D eigenvalue weighted by Crippen LogP contribution is -2.32. The quantitative estimate of drug-likeness (QED) is 0.907. The second-order valence-corrected chi connectivity index (χ2v) is 4.79. The summed E-state index contributed by atoms with van der Waals surface area (Å²) in [4.78, 5) is 0. The number of rotatable bonds is 3. The summed E-state index contributed by atoms with van der Waals surface area (Å²) >= 11 is 0. The molecule has 0 aliphatic carbocycles. The van der Waals surface area contributed by atoms with Crippen LogP contribution in [0.25, 0.3) is 0 Å². The molecule has 1 unspecified atom stereocenters. The second-order valence-electron chi connectivity index (χ2n) is 4.79. The third-order valence-corrected chi connectivity index (χ3v) is 3.57. The summed E-state index contributed by atoms with van der Waals surface area (Å²) in [5.41, 5.74) is 1.14. The molecule has 1 aliphatic rings. The lowest BCUT2D eigenvalue weighted by atomic mass is 10.1. The molecule has 0 saturated carbocycles. The summed E-state index contributed by atoms with van der Waals surface area (Å²) in [5, 5.41) is 12.0. The third-order valence-electron chi connectivity index (χ3n) is 3.57. The zero-order chi connectivity index (χ0) is 13.2. The summed E-state index contributed by atoms with van der Waals surface area (Å²) in [5.74, 6) is 2.94. The van der Waals surface area contributed by atoms with Crippen LogP contribution in [0, 0.1) is 0 Å². The fourth-order valence-corrected chi connectivity index (χ4v) is 2.55. The number of aromatic nitrogens is 3. The summed E-state index contributed by atoms with van der Waals surface area (Å²) in [6.45, 7) is 4.01. The maximum Gasteiger partial charge on any atom is 0.149 e.